The maximum absolute atomic E-state index is 11.6. The van der Waals surface area contributed by atoms with Gasteiger partial charge in [-0.1, -0.05) is 30.3 Å². The summed E-state index contributed by atoms with van der Waals surface area (Å²) in [5.74, 6) is 0.306. The number of nitrogens with zero attached hydrogens (tertiary/aromatic N) is 1. The smallest absolute Gasteiger partial charge is 0.146 e. The zero-order valence-corrected chi connectivity index (χ0v) is 10.0. The van der Waals surface area contributed by atoms with Crippen molar-refractivity contribution in [3.05, 3.63) is 35.9 Å². The van der Waals surface area contributed by atoms with Crippen molar-refractivity contribution < 1.29 is 4.79 Å². The molecule has 86 valence electrons. The highest BCUT2D eigenvalue weighted by molar-refractivity contribution is 5.81. The lowest BCUT2D eigenvalue weighted by molar-refractivity contribution is -0.121. The lowest BCUT2D eigenvalue weighted by Gasteiger charge is -2.29. The fourth-order valence-corrected chi connectivity index (χ4v) is 2.61. The fraction of sp³-hybridized carbons (Fsp3) is 0.500. The Morgan fingerprint density at radius 2 is 2.06 bits per heavy atom. The quantitative estimate of drug-likeness (QED) is 0.776. The van der Waals surface area contributed by atoms with Crippen LogP contribution < -0.4 is 0 Å². The van der Waals surface area contributed by atoms with Gasteiger partial charge in [-0.05, 0) is 38.8 Å². The summed E-state index contributed by atoms with van der Waals surface area (Å²) >= 11 is 0. The first kappa shape index (κ1) is 11.3. The monoisotopic (exact) mass is 217 g/mol. The number of rotatable bonds is 3. The minimum atomic E-state index is 0.134. The van der Waals surface area contributed by atoms with Gasteiger partial charge in [0.15, 0.2) is 0 Å². The third kappa shape index (κ3) is 2.17. The summed E-state index contributed by atoms with van der Waals surface area (Å²) in [5, 5.41) is 0. The van der Waals surface area contributed by atoms with E-state index in [0.717, 1.165) is 19.4 Å². The molecular weight excluding hydrogens is 198 g/mol. The number of ketones is 1. The van der Waals surface area contributed by atoms with Crippen molar-refractivity contribution in [2.24, 2.45) is 0 Å². The molecule has 16 heavy (non-hydrogen) atoms. The van der Waals surface area contributed by atoms with E-state index in [1.807, 2.05) is 6.07 Å². The first-order valence-electron chi connectivity index (χ1n) is 6.01. The lowest BCUT2D eigenvalue weighted by Crippen LogP contribution is -2.36. The molecule has 1 fully saturated rings. The zero-order valence-electron chi connectivity index (χ0n) is 10.0. The van der Waals surface area contributed by atoms with E-state index >= 15 is 0 Å². The molecule has 0 N–H and O–H groups in total. The van der Waals surface area contributed by atoms with Gasteiger partial charge in [0.2, 0.25) is 0 Å². The van der Waals surface area contributed by atoms with Crippen LogP contribution in [0, 0.1) is 0 Å². The van der Waals surface area contributed by atoms with Gasteiger partial charge in [0.1, 0.15) is 5.78 Å². The highest BCUT2D eigenvalue weighted by atomic mass is 16.1. The second-order valence-electron chi connectivity index (χ2n) is 4.59. The van der Waals surface area contributed by atoms with Crippen molar-refractivity contribution >= 4 is 5.78 Å². The maximum Gasteiger partial charge on any atom is 0.146 e. The van der Waals surface area contributed by atoms with E-state index in [4.69, 9.17) is 0 Å². The average molecular weight is 217 g/mol. The van der Waals surface area contributed by atoms with E-state index in [2.05, 4.69) is 36.1 Å². The molecule has 2 atom stereocenters. The Labute approximate surface area is 97.3 Å². The van der Waals surface area contributed by atoms with Gasteiger partial charge in [-0.2, -0.15) is 0 Å². The Balaban J connectivity index is 2.15. The number of hydrogen-bond acceptors (Lipinski definition) is 2. The third-order valence-electron chi connectivity index (χ3n) is 3.54. The summed E-state index contributed by atoms with van der Waals surface area (Å²) in [5.41, 5.74) is 1.30. The van der Waals surface area contributed by atoms with Crippen molar-refractivity contribution in [2.45, 2.75) is 38.8 Å². The number of benzene rings is 1. The number of Topliss-reactive ketones (excluding diaryl/α,β-unsaturated/α-hetero) is 1. The molecule has 0 bridgehead atoms. The van der Waals surface area contributed by atoms with Gasteiger partial charge >= 0.3 is 0 Å². The minimum Gasteiger partial charge on any atom is -0.298 e. The maximum atomic E-state index is 11.6. The van der Waals surface area contributed by atoms with Gasteiger partial charge < -0.3 is 0 Å². The SMILES string of the molecule is CC(=O)[C@H]1CCCN1C(C)c1ccccc1. The third-order valence-corrected chi connectivity index (χ3v) is 3.54. The second kappa shape index (κ2) is 4.79. The van der Waals surface area contributed by atoms with Gasteiger partial charge in [0.25, 0.3) is 0 Å². The standard InChI is InChI=1S/C14H19NO/c1-11(13-7-4-3-5-8-13)15-10-6-9-14(15)12(2)16/h3-5,7-8,11,14H,6,9-10H2,1-2H3/t11?,14-/m1/s1. The molecule has 0 aliphatic carbocycles. The second-order valence-corrected chi connectivity index (χ2v) is 4.59. The molecule has 1 aliphatic heterocycles. The van der Waals surface area contributed by atoms with Crippen molar-refractivity contribution in [1.29, 1.82) is 0 Å². The van der Waals surface area contributed by atoms with E-state index in [1.54, 1.807) is 6.92 Å². The predicted octanol–water partition coefficient (Wildman–Crippen LogP) is 2.80. The van der Waals surface area contributed by atoms with Crippen molar-refractivity contribution in [3.8, 4) is 0 Å². The van der Waals surface area contributed by atoms with Gasteiger partial charge in [0, 0.05) is 6.04 Å². The summed E-state index contributed by atoms with van der Waals surface area (Å²) in [6.07, 6.45) is 2.16. The molecular formula is C14H19NO. The van der Waals surface area contributed by atoms with Gasteiger partial charge in [0.05, 0.1) is 6.04 Å². The summed E-state index contributed by atoms with van der Waals surface area (Å²) in [7, 11) is 0. The van der Waals surface area contributed by atoms with E-state index in [1.165, 1.54) is 5.56 Å². The molecule has 1 saturated heterocycles. The Morgan fingerprint density at radius 1 is 1.38 bits per heavy atom. The molecule has 1 unspecified atom stereocenters. The van der Waals surface area contributed by atoms with Crippen LogP contribution in [0.5, 0.6) is 0 Å². The zero-order chi connectivity index (χ0) is 11.5. The summed E-state index contributed by atoms with van der Waals surface area (Å²) in [4.78, 5) is 13.9. The fourth-order valence-electron chi connectivity index (χ4n) is 2.61. The topological polar surface area (TPSA) is 20.3 Å². The van der Waals surface area contributed by atoms with Crippen molar-refractivity contribution in [2.75, 3.05) is 6.54 Å². The van der Waals surface area contributed by atoms with Gasteiger partial charge in [-0.3, -0.25) is 9.69 Å². The molecule has 1 aromatic carbocycles. The lowest BCUT2D eigenvalue weighted by atomic mass is 10.0. The Kier molecular flexibility index (Phi) is 3.39. The van der Waals surface area contributed by atoms with Crippen molar-refractivity contribution in [3.63, 3.8) is 0 Å². The molecule has 2 heteroatoms. The van der Waals surface area contributed by atoms with Crippen molar-refractivity contribution in [1.82, 2.24) is 4.90 Å². The summed E-state index contributed by atoms with van der Waals surface area (Å²) in [6.45, 7) is 4.94. The molecule has 1 aliphatic rings. The highest BCUT2D eigenvalue weighted by Gasteiger charge is 2.31. The molecule has 1 heterocycles. The van der Waals surface area contributed by atoms with Crippen LogP contribution in [0.2, 0.25) is 0 Å². The van der Waals surface area contributed by atoms with Gasteiger partial charge in [-0.25, -0.2) is 0 Å². The summed E-state index contributed by atoms with van der Waals surface area (Å²) < 4.78 is 0. The van der Waals surface area contributed by atoms with Crippen LogP contribution in [-0.2, 0) is 4.79 Å². The molecule has 2 nitrogen and oxygen atoms in total. The number of carbonyl (C=O) groups excluding carboxylic acids is 1. The van der Waals surface area contributed by atoms with Crippen LogP contribution in [0.15, 0.2) is 30.3 Å². The summed E-state index contributed by atoms with van der Waals surface area (Å²) in [6, 6.07) is 10.9. The number of hydrogen-bond donors (Lipinski definition) is 0. The largest absolute Gasteiger partial charge is 0.298 e. The number of carbonyl (C=O) groups is 1. The Morgan fingerprint density at radius 3 is 2.69 bits per heavy atom. The molecule has 0 spiro atoms. The first-order valence-corrected chi connectivity index (χ1v) is 6.01. The normalized spacial score (nSPS) is 23.2. The molecule has 2 rings (SSSR count). The minimum absolute atomic E-state index is 0.134. The van der Waals surface area contributed by atoms with Crippen LogP contribution in [0.3, 0.4) is 0 Å². The first-order chi connectivity index (χ1) is 7.70. The molecule has 0 saturated carbocycles. The number of likely N-dealkylation sites (tertiary alicyclic amines) is 1. The van der Waals surface area contributed by atoms with E-state index < -0.39 is 0 Å². The molecule has 0 amide bonds. The van der Waals surface area contributed by atoms with Crippen LogP contribution in [0.1, 0.15) is 38.3 Å². The van der Waals surface area contributed by atoms with Gasteiger partial charge in [-0.15, -0.1) is 0 Å². The van der Waals surface area contributed by atoms with E-state index in [9.17, 15) is 4.79 Å². The van der Waals surface area contributed by atoms with Crippen LogP contribution in [0.25, 0.3) is 0 Å². The Bertz CT molecular complexity index is 360. The highest BCUT2D eigenvalue weighted by Crippen LogP contribution is 2.29. The van der Waals surface area contributed by atoms with E-state index in [-0.39, 0.29) is 6.04 Å². The van der Waals surface area contributed by atoms with E-state index in [0.29, 0.717) is 11.8 Å². The average Bonchev–Trinajstić information content (AvgIpc) is 2.78. The Hall–Kier alpha value is -1.15. The van der Waals surface area contributed by atoms with Crippen LogP contribution in [0.4, 0.5) is 0 Å². The van der Waals surface area contributed by atoms with Crippen LogP contribution >= 0.6 is 0 Å². The molecule has 1 aromatic rings. The predicted molar refractivity (Wildman–Crippen MR) is 65.3 cm³/mol. The molecule has 0 aromatic heterocycles. The van der Waals surface area contributed by atoms with Crippen LogP contribution in [-0.4, -0.2) is 23.3 Å². The molecule has 0 radical (unpaired) electrons.